The number of hydrogen-bond acceptors (Lipinski definition) is 3. The number of piperazine rings is 1. The van der Waals surface area contributed by atoms with Gasteiger partial charge in [-0.2, -0.15) is 0 Å². The highest BCUT2D eigenvalue weighted by Gasteiger charge is 2.17. The van der Waals surface area contributed by atoms with Crippen LogP contribution in [0, 0.1) is 13.8 Å². The second-order valence-corrected chi connectivity index (χ2v) is 7.22. The summed E-state index contributed by atoms with van der Waals surface area (Å²) in [6.07, 6.45) is 0.548. The molecule has 0 aromatic heterocycles. The Kier molecular flexibility index (Phi) is 6.42. The molecule has 1 aliphatic rings. The van der Waals surface area contributed by atoms with Crippen molar-refractivity contribution >= 4 is 11.6 Å². The van der Waals surface area contributed by atoms with Crippen LogP contribution in [0.25, 0.3) is 0 Å². The highest BCUT2D eigenvalue weighted by atomic mass is 16.1. The summed E-state index contributed by atoms with van der Waals surface area (Å²) in [6, 6.07) is 16.7. The van der Waals surface area contributed by atoms with Crippen LogP contribution in [0.2, 0.25) is 0 Å². The number of nitrogens with one attached hydrogen (secondary N) is 1. The van der Waals surface area contributed by atoms with Gasteiger partial charge in [-0.05, 0) is 31.0 Å². The molecule has 138 valence electrons. The van der Waals surface area contributed by atoms with Gasteiger partial charge in [-0.1, -0.05) is 48.0 Å². The molecule has 4 heteroatoms. The molecule has 2 aromatic carbocycles. The number of benzene rings is 2. The number of nitrogens with zero attached hydrogens (tertiary/aromatic N) is 2. The molecule has 1 fully saturated rings. The zero-order valence-corrected chi connectivity index (χ0v) is 15.9. The van der Waals surface area contributed by atoms with Crippen molar-refractivity contribution in [2.45, 2.75) is 26.8 Å². The van der Waals surface area contributed by atoms with Gasteiger partial charge in [0.25, 0.3) is 0 Å². The van der Waals surface area contributed by atoms with Crippen LogP contribution in [0.3, 0.4) is 0 Å². The number of anilines is 1. The fourth-order valence-electron chi connectivity index (χ4n) is 3.44. The topological polar surface area (TPSA) is 35.6 Å². The van der Waals surface area contributed by atoms with Gasteiger partial charge in [0.15, 0.2) is 0 Å². The van der Waals surface area contributed by atoms with Crippen LogP contribution < -0.4 is 5.32 Å². The van der Waals surface area contributed by atoms with Gasteiger partial charge in [-0.3, -0.25) is 9.69 Å². The Morgan fingerprint density at radius 1 is 0.962 bits per heavy atom. The molecule has 2 aromatic rings. The molecule has 4 nitrogen and oxygen atoms in total. The van der Waals surface area contributed by atoms with Gasteiger partial charge in [-0.15, -0.1) is 0 Å². The molecule has 0 spiro atoms. The average Bonchev–Trinajstić information content (AvgIpc) is 2.64. The molecule has 0 atom stereocenters. The smallest absolute Gasteiger partial charge is 0.225 e. The molecule has 1 aliphatic heterocycles. The van der Waals surface area contributed by atoms with E-state index >= 15 is 0 Å². The summed E-state index contributed by atoms with van der Waals surface area (Å²) < 4.78 is 0. The van der Waals surface area contributed by atoms with Crippen LogP contribution in [-0.4, -0.2) is 48.4 Å². The summed E-state index contributed by atoms with van der Waals surface area (Å²) in [5.74, 6) is 0.101. The van der Waals surface area contributed by atoms with E-state index < -0.39 is 0 Å². The first kappa shape index (κ1) is 18.6. The lowest BCUT2D eigenvalue weighted by atomic mass is 10.1. The zero-order chi connectivity index (χ0) is 18.4. The molecule has 1 N–H and O–H groups in total. The van der Waals surface area contributed by atoms with E-state index in [0.717, 1.165) is 50.5 Å². The monoisotopic (exact) mass is 351 g/mol. The molecule has 0 bridgehead atoms. The maximum atomic E-state index is 12.2. The third kappa shape index (κ3) is 5.41. The largest absolute Gasteiger partial charge is 0.326 e. The van der Waals surface area contributed by atoms with Gasteiger partial charge < -0.3 is 10.2 Å². The molecule has 3 rings (SSSR count). The second kappa shape index (κ2) is 8.97. The molecule has 26 heavy (non-hydrogen) atoms. The lowest BCUT2D eigenvalue weighted by Crippen LogP contribution is -2.46. The van der Waals surface area contributed by atoms with Crippen LogP contribution in [0.4, 0.5) is 5.69 Å². The predicted molar refractivity (Wildman–Crippen MR) is 107 cm³/mol. The minimum Gasteiger partial charge on any atom is -0.326 e. The van der Waals surface area contributed by atoms with E-state index in [2.05, 4.69) is 58.4 Å². The van der Waals surface area contributed by atoms with Crippen molar-refractivity contribution in [1.82, 2.24) is 9.80 Å². The van der Waals surface area contributed by atoms with E-state index in [-0.39, 0.29) is 5.91 Å². The minimum atomic E-state index is 0.101. The summed E-state index contributed by atoms with van der Waals surface area (Å²) in [5.41, 5.74) is 4.63. The van der Waals surface area contributed by atoms with Crippen molar-refractivity contribution in [3.63, 3.8) is 0 Å². The predicted octanol–water partition coefficient (Wildman–Crippen LogP) is 3.45. The van der Waals surface area contributed by atoms with Crippen molar-refractivity contribution in [3.05, 3.63) is 65.2 Å². The Morgan fingerprint density at radius 3 is 2.35 bits per heavy atom. The Labute approximate surface area is 156 Å². The van der Waals surface area contributed by atoms with Crippen LogP contribution in [0.5, 0.6) is 0 Å². The first-order valence-corrected chi connectivity index (χ1v) is 9.46. The van der Waals surface area contributed by atoms with Crippen molar-refractivity contribution in [3.8, 4) is 0 Å². The van der Waals surface area contributed by atoms with Crippen LogP contribution in [-0.2, 0) is 11.3 Å². The molecular weight excluding hydrogens is 322 g/mol. The molecule has 0 radical (unpaired) electrons. The fourth-order valence-corrected chi connectivity index (χ4v) is 3.44. The normalized spacial score (nSPS) is 15.8. The number of amides is 1. The third-order valence-corrected chi connectivity index (χ3v) is 5.03. The maximum Gasteiger partial charge on any atom is 0.225 e. The molecule has 1 saturated heterocycles. The quantitative estimate of drug-likeness (QED) is 0.866. The number of rotatable bonds is 6. The first-order valence-electron chi connectivity index (χ1n) is 9.46. The van der Waals surface area contributed by atoms with E-state index in [0.29, 0.717) is 6.42 Å². The lowest BCUT2D eigenvalue weighted by molar-refractivity contribution is -0.116. The van der Waals surface area contributed by atoms with Crippen LogP contribution in [0.1, 0.15) is 23.1 Å². The van der Waals surface area contributed by atoms with Gasteiger partial charge in [0.2, 0.25) is 5.91 Å². The number of carbonyl (C=O) groups excluding carboxylic acids is 1. The van der Waals surface area contributed by atoms with Gasteiger partial charge in [0.1, 0.15) is 0 Å². The lowest BCUT2D eigenvalue weighted by Gasteiger charge is -2.34. The Balaban J connectivity index is 1.38. The van der Waals surface area contributed by atoms with Crippen molar-refractivity contribution < 1.29 is 4.79 Å². The fraction of sp³-hybridized carbons (Fsp3) is 0.409. The molecule has 0 saturated carbocycles. The Morgan fingerprint density at radius 2 is 1.65 bits per heavy atom. The molecule has 1 amide bonds. The van der Waals surface area contributed by atoms with Crippen LogP contribution >= 0.6 is 0 Å². The van der Waals surface area contributed by atoms with E-state index in [1.165, 1.54) is 11.1 Å². The number of hydrogen-bond donors (Lipinski definition) is 1. The molecular formula is C22H29N3O. The van der Waals surface area contributed by atoms with E-state index in [4.69, 9.17) is 0 Å². The summed E-state index contributed by atoms with van der Waals surface area (Å²) in [5, 5.41) is 3.04. The summed E-state index contributed by atoms with van der Waals surface area (Å²) in [7, 11) is 0. The van der Waals surface area contributed by atoms with Gasteiger partial charge in [0.05, 0.1) is 0 Å². The minimum absolute atomic E-state index is 0.101. The maximum absolute atomic E-state index is 12.2. The molecule has 1 heterocycles. The summed E-state index contributed by atoms with van der Waals surface area (Å²) >= 11 is 0. The van der Waals surface area contributed by atoms with E-state index in [1.54, 1.807) is 0 Å². The Hall–Kier alpha value is -2.17. The first-order chi connectivity index (χ1) is 12.6. The zero-order valence-electron chi connectivity index (χ0n) is 15.9. The van der Waals surface area contributed by atoms with Crippen LogP contribution in [0.15, 0.2) is 48.5 Å². The number of carbonyl (C=O) groups is 1. The van der Waals surface area contributed by atoms with Gasteiger partial charge in [0, 0.05) is 51.4 Å². The summed E-state index contributed by atoms with van der Waals surface area (Å²) in [6.45, 7) is 10.1. The van der Waals surface area contributed by atoms with Gasteiger partial charge in [-0.25, -0.2) is 0 Å². The van der Waals surface area contributed by atoms with Crippen molar-refractivity contribution in [1.29, 1.82) is 0 Å². The average molecular weight is 351 g/mol. The molecule has 0 unspecified atom stereocenters. The second-order valence-electron chi connectivity index (χ2n) is 7.22. The SMILES string of the molecule is Cc1ccc(NC(=O)CCN2CCN(Cc3ccccc3)CC2)c(C)c1. The van der Waals surface area contributed by atoms with Gasteiger partial charge >= 0.3 is 0 Å². The standard InChI is InChI=1S/C22H29N3O/c1-18-8-9-21(19(2)16-18)23-22(26)10-11-24-12-14-25(15-13-24)17-20-6-4-3-5-7-20/h3-9,16H,10-15,17H2,1-2H3,(H,23,26). The third-order valence-electron chi connectivity index (χ3n) is 5.03. The highest BCUT2D eigenvalue weighted by Crippen LogP contribution is 2.16. The van der Waals surface area contributed by atoms with Crippen molar-refractivity contribution in [2.24, 2.45) is 0 Å². The van der Waals surface area contributed by atoms with Crippen molar-refractivity contribution in [2.75, 3.05) is 38.0 Å². The van der Waals surface area contributed by atoms with E-state index in [9.17, 15) is 4.79 Å². The summed E-state index contributed by atoms with van der Waals surface area (Å²) in [4.78, 5) is 17.1. The Bertz CT molecular complexity index is 721. The molecule has 0 aliphatic carbocycles. The number of aryl methyl sites for hydroxylation is 2. The van der Waals surface area contributed by atoms with E-state index in [1.807, 2.05) is 19.1 Å². The highest BCUT2D eigenvalue weighted by molar-refractivity contribution is 5.91.